The Balaban J connectivity index is 1.86. The Morgan fingerprint density at radius 2 is 1.65 bits per heavy atom. The largest absolute Gasteiger partial charge is 0.309 e. The topological polar surface area (TPSA) is 40.6 Å². The summed E-state index contributed by atoms with van der Waals surface area (Å²) in [7, 11) is 4.01. The van der Waals surface area contributed by atoms with E-state index in [2.05, 4.69) is 17.1 Å². The van der Waals surface area contributed by atoms with Crippen LogP contribution in [-0.4, -0.2) is 42.3 Å². The van der Waals surface area contributed by atoms with Crippen LogP contribution < -0.4 is 0 Å². The fraction of sp³-hybridized carbons (Fsp3) is 0.474. The SMILES string of the molecule is CC1C=CC(CN(C)C)C2C(=O)N(Cc3ccccc3)C(=O)C12. The van der Waals surface area contributed by atoms with Crippen molar-refractivity contribution in [1.29, 1.82) is 0 Å². The van der Waals surface area contributed by atoms with Crippen molar-refractivity contribution in [2.75, 3.05) is 20.6 Å². The van der Waals surface area contributed by atoms with Gasteiger partial charge in [-0.3, -0.25) is 14.5 Å². The number of hydrogen-bond donors (Lipinski definition) is 0. The van der Waals surface area contributed by atoms with Gasteiger partial charge in [0.25, 0.3) is 0 Å². The van der Waals surface area contributed by atoms with Crippen LogP contribution in [0.25, 0.3) is 0 Å². The number of fused-ring (bicyclic) bond motifs is 1. The first-order valence-corrected chi connectivity index (χ1v) is 8.21. The molecule has 4 atom stereocenters. The van der Waals surface area contributed by atoms with Gasteiger partial charge < -0.3 is 4.90 Å². The summed E-state index contributed by atoms with van der Waals surface area (Å²) in [5.41, 5.74) is 0.998. The Morgan fingerprint density at radius 3 is 2.30 bits per heavy atom. The van der Waals surface area contributed by atoms with Crippen LogP contribution in [0.2, 0.25) is 0 Å². The maximum Gasteiger partial charge on any atom is 0.234 e. The highest BCUT2D eigenvalue weighted by Gasteiger charge is 2.53. The minimum Gasteiger partial charge on any atom is -0.309 e. The Kier molecular flexibility index (Phi) is 4.35. The number of likely N-dealkylation sites (tertiary alicyclic amines) is 1. The highest BCUT2D eigenvalue weighted by molar-refractivity contribution is 6.05. The summed E-state index contributed by atoms with van der Waals surface area (Å²) in [5, 5.41) is 0. The second-order valence-corrected chi connectivity index (χ2v) is 6.97. The lowest BCUT2D eigenvalue weighted by Crippen LogP contribution is -2.37. The molecule has 2 aliphatic rings. The van der Waals surface area contributed by atoms with Gasteiger partial charge in [0.05, 0.1) is 18.4 Å². The van der Waals surface area contributed by atoms with Crippen LogP contribution >= 0.6 is 0 Å². The molecule has 0 aromatic heterocycles. The fourth-order valence-electron chi connectivity index (χ4n) is 3.85. The third-order valence-electron chi connectivity index (χ3n) is 4.94. The molecule has 2 amide bonds. The number of imide groups is 1. The maximum atomic E-state index is 12.9. The summed E-state index contributed by atoms with van der Waals surface area (Å²) < 4.78 is 0. The molecule has 1 aliphatic carbocycles. The molecule has 1 fully saturated rings. The van der Waals surface area contributed by atoms with Crippen LogP contribution in [0.15, 0.2) is 42.5 Å². The van der Waals surface area contributed by atoms with Gasteiger partial charge in [-0.2, -0.15) is 0 Å². The van der Waals surface area contributed by atoms with Crippen LogP contribution in [-0.2, 0) is 16.1 Å². The lowest BCUT2D eigenvalue weighted by Gasteiger charge is -2.31. The Labute approximate surface area is 137 Å². The van der Waals surface area contributed by atoms with Crippen molar-refractivity contribution in [1.82, 2.24) is 9.80 Å². The average Bonchev–Trinajstić information content (AvgIpc) is 2.77. The van der Waals surface area contributed by atoms with Gasteiger partial charge in [-0.05, 0) is 25.6 Å². The van der Waals surface area contributed by atoms with Crippen molar-refractivity contribution in [2.24, 2.45) is 23.7 Å². The van der Waals surface area contributed by atoms with Gasteiger partial charge in [0, 0.05) is 12.5 Å². The predicted molar refractivity (Wildman–Crippen MR) is 89.3 cm³/mol. The van der Waals surface area contributed by atoms with E-state index in [0.29, 0.717) is 6.54 Å². The van der Waals surface area contributed by atoms with Crippen molar-refractivity contribution in [3.63, 3.8) is 0 Å². The lowest BCUT2D eigenvalue weighted by molar-refractivity contribution is -0.140. The number of rotatable bonds is 4. The van der Waals surface area contributed by atoms with Gasteiger partial charge in [-0.1, -0.05) is 49.4 Å². The van der Waals surface area contributed by atoms with Gasteiger partial charge in [-0.25, -0.2) is 0 Å². The molecule has 23 heavy (non-hydrogen) atoms. The molecule has 0 radical (unpaired) electrons. The molecule has 0 bridgehead atoms. The van der Waals surface area contributed by atoms with E-state index in [9.17, 15) is 9.59 Å². The Hall–Kier alpha value is -1.94. The van der Waals surface area contributed by atoms with E-state index in [4.69, 9.17) is 0 Å². The molecular weight excluding hydrogens is 288 g/mol. The van der Waals surface area contributed by atoms with Gasteiger partial charge >= 0.3 is 0 Å². The second kappa shape index (κ2) is 6.28. The molecule has 4 unspecified atom stereocenters. The summed E-state index contributed by atoms with van der Waals surface area (Å²) in [6.07, 6.45) is 4.23. The van der Waals surface area contributed by atoms with Gasteiger partial charge in [-0.15, -0.1) is 0 Å². The monoisotopic (exact) mass is 312 g/mol. The predicted octanol–water partition coefficient (Wildman–Crippen LogP) is 2.17. The van der Waals surface area contributed by atoms with E-state index in [1.54, 1.807) is 0 Å². The summed E-state index contributed by atoms with van der Waals surface area (Å²) >= 11 is 0. The van der Waals surface area contributed by atoms with Crippen molar-refractivity contribution in [3.8, 4) is 0 Å². The van der Waals surface area contributed by atoms with Crippen LogP contribution in [0.5, 0.6) is 0 Å². The minimum absolute atomic E-state index is 0.00750. The highest BCUT2D eigenvalue weighted by Crippen LogP contribution is 2.42. The zero-order valence-corrected chi connectivity index (χ0v) is 14.0. The van der Waals surface area contributed by atoms with E-state index in [-0.39, 0.29) is 35.5 Å². The van der Waals surface area contributed by atoms with E-state index in [0.717, 1.165) is 12.1 Å². The van der Waals surface area contributed by atoms with Crippen molar-refractivity contribution >= 4 is 11.8 Å². The van der Waals surface area contributed by atoms with Gasteiger partial charge in [0.1, 0.15) is 0 Å². The maximum absolute atomic E-state index is 12.9. The molecule has 1 aliphatic heterocycles. The van der Waals surface area contributed by atoms with Gasteiger partial charge in [0.2, 0.25) is 11.8 Å². The number of carbonyl (C=O) groups excluding carboxylic acids is 2. The van der Waals surface area contributed by atoms with Crippen LogP contribution in [0.3, 0.4) is 0 Å². The number of amides is 2. The summed E-state index contributed by atoms with van der Waals surface area (Å²) in [4.78, 5) is 29.4. The van der Waals surface area contributed by atoms with E-state index in [1.807, 2.05) is 51.4 Å². The Bertz CT molecular complexity index is 624. The number of nitrogens with zero attached hydrogens (tertiary/aromatic N) is 2. The molecule has 122 valence electrons. The summed E-state index contributed by atoms with van der Waals surface area (Å²) in [6, 6.07) is 9.73. The van der Waals surface area contributed by atoms with Crippen molar-refractivity contribution < 1.29 is 9.59 Å². The molecule has 0 N–H and O–H groups in total. The number of carbonyl (C=O) groups is 2. The standard InChI is InChI=1S/C19H24N2O2/c1-13-9-10-15(12-20(2)3)17-16(13)18(22)21(19(17)23)11-14-7-5-4-6-8-14/h4-10,13,15-17H,11-12H2,1-3H3. The molecule has 4 nitrogen and oxygen atoms in total. The molecule has 1 saturated heterocycles. The lowest BCUT2D eigenvalue weighted by atomic mass is 9.72. The number of allylic oxidation sites excluding steroid dienone is 1. The van der Waals surface area contributed by atoms with E-state index in [1.165, 1.54) is 4.90 Å². The average molecular weight is 312 g/mol. The fourth-order valence-corrected chi connectivity index (χ4v) is 3.85. The highest BCUT2D eigenvalue weighted by atomic mass is 16.2. The molecule has 0 spiro atoms. The summed E-state index contributed by atoms with van der Waals surface area (Å²) in [6.45, 7) is 3.22. The molecule has 0 saturated carbocycles. The Morgan fingerprint density at radius 1 is 1.00 bits per heavy atom. The first-order valence-electron chi connectivity index (χ1n) is 8.21. The van der Waals surface area contributed by atoms with E-state index >= 15 is 0 Å². The van der Waals surface area contributed by atoms with E-state index < -0.39 is 0 Å². The minimum atomic E-state index is -0.214. The summed E-state index contributed by atoms with van der Waals surface area (Å²) in [5.74, 6) is -0.204. The first-order chi connectivity index (χ1) is 11.0. The molecule has 1 heterocycles. The zero-order chi connectivity index (χ0) is 16.6. The number of hydrogen-bond acceptors (Lipinski definition) is 3. The van der Waals surface area contributed by atoms with Crippen LogP contribution in [0.4, 0.5) is 0 Å². The van der Waals surface area contributed by atoms with Crippen molar-refractivity contribution in [2.45, 2.75) is 13.5 Å². The van der Waals surface area contributed by atoms with Crippen molar-refractivity contribution in [3.05, 3.63) is 48.0 Å². The second-order valence-electron chi connectivity index (χ2n) is 6.97. The third kappa shape index (κ3) is 2.95. The first kappa shape index (κ1) is 15.9. The van der Waals surface area contributed by atoms with Gasteiger partial charge in [0.15, 0.2) is 0 Å². The quantitative estimate of drug-likeness (QED) is 0.632. The molecule has 3 rings (SSSR count). The van der Waals surface area contributed by atoms with Crippen LogP contribution in [0, 0.1) is 23.7 Å². The molecule has 4 heteroatoms. The zero-order valence-electron chi connectivity index (χ0n) is 14.0. The molecule has 1 aromatic rings. The molecular formula is C19H24N2O2. The third-order valence-corrected chi connectivity index (χ3v) is 4.94. The van der Waals surface area contributed by atoms with Crippen LogP contribution in [0.1, 0.15) is 12.5 Å². The smallest absolute Gasteiger partial charge is 0.234 e. The number of benzene rings is 1. The molecule has 1 aromatic carbocycles. The normalized spacial score (nSPS) is 30.2.